The molecule has 106 valence electrons. The molecular formula is C14H14CdN2O4. The summed E-state index contributed by atoms with van der Waals surface area (Å²) in [5.74, 6) is -1.98. The smallest absolute Gasteiger partial charge is 0.337 e. The van der Waals surface area contributed by atoms with E-state index in [0.717, 1.165) is 0 Å². The van der Waals surface area contributed by atoms with Crippen LogP contribution in [0.5, 0.6) is 0 Å². The van der Waals surface area contributed by atoms with E-state index >= 15 is 0 Å². The van der Waals surface area contributed by atoms with Gasteiger partial charge >= 0.3 is 11.9 Å². The number of benzene rings is 2. The van der Waals surface area contributed by atoms with Crippen molar-refractivity contribution in [3.05, 3.63) is 59.7 Å². The Morgan fingerprint density at radius 1 is 0.714 bits per heavy atom. The van der Waals surface area contributed by atoms with E-state index in [1.54, 1.807) is 36.4 Å². The van der Waals surface area contributed by atoms with Crippen molar-refractivity contribution in [3.63, 3.8) is 0 Å². The van der Waals surface area contributed by atoms with E-state index in [-0.39, 0.29) is 38.4 Å². The molecule has 0 saturated carbocycles. The van der Waals surface area contributed by atoms with E-state index in [1.165, 1.54) is 12.1 Å². The van der Waals surface area contributed by atoms with E-state index in [9.17, 15) is 9.59 Å². The number of hydrogen-bond donors (Lipinski definition) is 4. The molecule has 2 rings (SSSR count). The molecule has 0 fully saturated rings. The molecule has 0 saturated heterocycles. The van der Waals surface area contributed by atoms with Gasteiger partial charge < -0.3 is 21.7 Å². The van der Waals surface area contributed by atoms with Gasteiger partial charge in [0.1, 0.15) is 0 Å². The molecule has 21 heavy (non-hydrogen) atoms. The zero-order valence-corrected chi connectivity index (χ0v) is 15.2. The van der Waals surface area contributed by atoms with Gasteiger partial charge in [-0.3, -0.25) is 0 Å². The molecule has 0 aliphatic heterocycles. The largest absolute Gasteiger partial charge is 0.478 e. The van der Waals surface area contributed by atoms with Crippen molar-refractivity contribution in [2.75, 3.05) is 11.5 Å². The molecule has 6 nitrogen and oxygen atoms in total. The van der Waals surface area contributed by atoms with Crippen molar-refractivity contribution in [1.82, 2.24) is 0 Å². The van der Waals surface area contributed by atoms with Crippen LogP contribution in [0.3, 0.4) is 0 Å². The van der Waals surface area contributed by atoms with Crippen LogP contribution in [0.1, 0.15) is 20.7 Å². The fraction of sp³-hybridized carbons (Fsp3) is 0. The second-order valence-electron chi connectivity index (χ2n) is 3.78. The molecule has 0 aromatic heterocycles. The van der Waals surface area contributed by atoms with E-state index in [0.29, 0.717) is 11.4 Å². The average Bonchev–Trinajstić information content (AvgIpc) is 2.40. The van der Waals surface area contributed by atoms with Crippen LogP contribution in [0.4, 0.5) is 11.4 Å². The molecule has 2 aromatic carbocycles. The first-order valence-electron chi connectivity index (χ1n) is 5.59. The van der Waals surface area contributed by atoms with E-state index in [2.05, 4.69) is 0 Å². The minimum atomic E-state index is -0.988. The normalized spacial score (nSPS) is 8.76. The Morgan fingerprint density at radius 2 is 1.00 bits per heavy atom. The standard InChI is InChI=1S/2C7H7NO2.Cd/c2*8-6-4-2-1-3-5(6)7(9)10;/h2*1-4H,8H2,(H,9,10);. The number of para-hydroxylation sites is 2. The first-order valence-corrected chi connectivity index (χ1v) is 5.59. The van der Waals surface area contributed by atoms with Gasteiger partial charge in [-0.15, -0.1) is 0 Å². The van der Waals surface area contributed by atoms with Crippen LogP contribution in [0.2, 0.25) is 0 Å². The number of nitrogens with two attached hydrogens (primary N) is 2. The number of nitrogen functional groups attached to an aromatic ring is 2. The third-order valence-corrected chi connectivity index (χ3v) is 2.38. The second-order valence-corrected chi connectivity index (χ2v) is 3.78. The van der Waals surface area contributed by atoms with Gasteiger partial charge in [-0.25, -0.2) is 9.59 Å². The summed E-state index contributed by atoms with van der Waals surface area (Å²) in [6, 6.07) is 12.7. The van der Waals surface area contributed by atoms with E-state index in [4.69, 9.17) is 21.7 Å². The summed E-state index contributed by atoms with van der Waals surface area (Å²) in [6.45, 7) is 0. The van der Waals surface area contributed by atoms with Crippen molar-refractivity contribution in [2.24, 2.45) is 0 Å². The minimum Gasteiger partial charge on any atom is -0.478 e. The Labute approximate surface area is 141 Å². The van der Waals surface area contributed by atoms with Gasteiger partial charge in [0.25, 0.3) is 0 Å². The predicted octanol–water partition coefficient (Wildman–Crippen LogP) is 1.93. The molecule has 0 heterocycles. The number of carboxylic acids is 2. The third-order valence-electron chi connectivity index (χ3n) is 2.38. The molecule has 0 bridgehead atoms. The van der Waals surface area contributed by atoms with Crippen molar-refractivity contribution >= 4 is 23.3 Å². The third kappa shape index (κ3) is 5.81. The Kier molecular flexibility index (Phi) is 8.06. The first kappa shape index (κ1) is 18.9. The van der Waals surface area contributed by atoms with Crippen molar-refractivity contribution < 1.29 is 47.1 Å². The topological polar surface area (TPSA) is 127 Å². The fourth-order valence-electron chi connectivity index (χ4n) is 1.38. The Morgan fingerprint density at radius 3 is 1.19 bits per heavy atom. The zero-order valence-electron chi connectivity index (χ0n) is 11.2. The van der Waals surface area contributed by atoms with Crippen LogP contribution >= 0.6 is 0 Å². The van der Waals surface area contributed by atoms with E-state index in [1.807, 2.05) is 0 Å². The molecule has 0 radical (unpaired) electrons. The van der Waals surface area contributed by atoms with Gasteiger partial charge in [-0.05, 0) is 24.3 Å². The fourth-order valence-corrected chi connectivity index (χ4v) is 1.38. The van der Waals surface area contributed by atoms with Crippen LogP contribution in [0.15, 0.2) is 48.5 Å². The van der Waals surface area contributed by atoms with Crippen LogP contribution < -0.4 is 11.5 Å². The number of hydrogen-bond acceptors (Lipinski definition) is 4. The van der Waals surface area contributed by atoms with Gasteiger partial charge in [0, 0.05) is 38.7 Å². The maximum Gasteiger partial charge on any atom is 0.337 e. The molecule has 2 aromatic rings. The second kappa shape index (κ2) is 8.95. The molecule has 0 amide bonds. The van der Waals surface area contributed by atoms with Crippen LogP contribution in [-0.2, 0) is 27.3 Å². The van der Waals surface area contributed by atoms with Crippen LogP contribution in [-0.4, -0.2) is 22.2 Å². The average molecular weight is 387 g/mol. The number of rotatable bonds is 2. The Hall–Kier alpha value is -2.10. The summed E-state index contributed by atoms with van der Waals surface area (Å²) in [4.78, 5) is 20.7. The van der Waals surface area contributed by atoms with Crippen molar-refractivity contribution in [2.45, 2.75) is 0 Å². The van der Waals surface area contributed by atoms with Gasteiger partial charge in [0.2, 0.25) is 0 Å². The van der Waals surface area contributed by atoms with Gasteiger partial charge in [0.15, 0.2) is 0 Å². The summed E-state index contributed by atoms with van der Waals surface area (Å²) in [5.41, 5.74) is 11.6. The van der Waals surface area contributed by atoms with Crippen LogP contribution in [0, 0.1) is 0 Å². The Balaban J connectivity index is 0.000000364. The first-order chi connectivity index (χ1) is 9.43. The summed E-state index contributed by atoms with van der Waals surface area (Å²) < 4.78 is 0. The van der Waals surface area contributed by atoms with Gasteiger partial charge in [-0.1, -0.05) is 24.3 Å². The molecular weight excluding hydrogens is 373 g/mol. The quantitative estimate of drug-likeness (QED) is 0.461. The molecule has 0 atom stereocenters. The minimum absolute atomic E-state index is 0. The number of carboxylic acid groups (broad SMARTS) is 2. The SMILES string of the molecule is Nc1ccccc1C(=O)O.Nc1ccccc1C(=O)O.[Cd]. The Bertz CT molecular complexity index is 576. The predicted molar refractivity (Wildman–Crippen MR) is 75.6 cm³/mol. The molecule has 0 spiro atoms. The van der Waals surface area contributed by atoms with Crippen LogP contribution in [0.25, 0.3) is 0 Å². The molecule has 0 aliphatic carbocycles. The molecule has 0 unspecified atom stereocenters. The van der Waals surface area contributed by atoms with Gasteiger partial charge in [0.05, 0.1) is 11.1 Å². The maximum absolute atomic E-state index is 10.3. The van der Waals surface area contributed by atoms with Crippen molar-refractivity contribution in [1.29, 1.82) is 0 Å². The number of aromatic carboxylic acids is 2. The summed E-state index contributed by atoms with van der Waals surface area (Å²) in [7, 11) is 0. The maximum atomic E-state index is 10.3. The number of carbonyl (C=O) groups is 2. The monoisotopic (exact) mass is 388 g/mol. The van der Waals surface area contributed by atoms with Gasteiger partial charge in [-0.2, -0.15) is 0 Å². The number of anilines is 2. The summed E-state index contributed by atoms with van der Waals surface area (Å²) >= 11 is 0. The summed E-state index contributed by atoms with van der Waals surface area (Å²) in [5, 5.41) is 17.0. The summed E-state index contributed by atoms with van der Waals surface area (Å²) in [6.07, 6.45) is 0. The zero-order chi connectivity index (χ0) is 15.1. The van der Waals surface area contributed by atoms with E-state index < -0.39 is 11.9 Å². The van der Waals surface area contributed by atoms with Crippen molar-refractivity contribution in [3.8, 4) is 0 Å². The molecule has 7 heteroatoms. The molecule has 0 aliphatic rings. The molecule has 6 N–H and O–H groups in total.